The molecule has 3 aromatic rings. The van der Waals surface area contributed by atoms with Gasteiger partial charge in [-0.3, -0.25) is 4.79 Å². The van der Waals surface area contributed by atoms with Gasteiger partial charge < -0.3 is 5.32 Å². The zero-order chi connectivity index (χ0) is 21.1. The third kappa shape index (κ3) is 4.22. The number of benzene rings is 1. The van der Waals surface area contributed by atoms with Crippen LogP contribution in [0.3, 0.4) is 0 Å². The summed E-state index contributed by atoms with van der Waals surface area (Å²) in [6, 6.07) is 9.51. The lowest BCUT2D eigenvalue weighted by Gasteiger charge is -2.13. The number of rotatable bonds is 5. The number of nitrogens with one attached hydrogen (secondary N) is 1. The van der Waals surface area contributed by atoms with E-state index in [0.29, 0.717) is 16.6 Å². The van der Waals surface area contributed by atoms with Gasteiger partial charge in [-0.25, -0.2) is 9.50 Å². The molecular formula is C22H21F3N4O. The summed E-state index contributed by atoms with van der Waals surface area (Å²) in [6.45, 7) is 0.423. The summed E-state index contributed by atoms with van der Waals surface area (Å²) in [4.78, 5) is 17.0. The van der Waals surface area contributed by atoms with E-state index in [-0.39, 0.29) is 16.9 Å². The fourth-order valence-electron chi connectivity index (χ4n) is 3.65. The minimum absolute atomic E-state index is 0.0240. The second-order valence-corrected chi connectivity index (χ2v) is 7.30. The number of carbonyl (C=O) groups is 1. The minimum atomic E-state index is -4.64. The fraction of sp³-hybridized carbons (Fsp3) is 0.318. The van der Waals surface area contributed by atoms with Crippen LogP contribution in [0.2, 0.25) is 0 Å². The van der Waals surface area contributed by atoms with E-state index in [9.17, 15) is 18.0 Å². The number of halogens is 3. The highest BCUT2D eigenvalue weighted by molar-refractivity contribution is 5.99. The van der Waals surface area contributed by atoms with Crippen molar-refractivity contribution in [3.63, 3.8) is 0 Å². The quantitative estimate of drug-likeness (QED) is 0.596. The number of amides is 1. The van der Waals surface area contributed by atoms with Crippen LogP contribution in [0, 0.1) is 0 Å². The zero-order valence-corrected chi connectivity index (χ0v) is 16.2. The Morgan fingerprint density at radius 2 is 1.97 bits per heavy atom. The first-order valence-corrected chi connectivity index (χ1v) is 9.91. The highest BCUT2D eigenvalue weighted by Crippen LogP contribution is 2.32. The molecule has 0 saturated heterocycles. The largest absolute Gasteiger partial charge is 0.433 e. The molecule has 1 aliphatic carbocycles. The van der Waals surface area contributed by atoms with Gasteiger partial charge in [0.2, 0.25) is 0 Å². The van der Waals surface area contributed by atoms with Crippen LogP contribution in [0.25, 0.3) is 16.9 Å². The van der Waals surface area contributed by atoms with Crippen LogP contribution in [0.15, 0.2) is 54.2 Å². The van der Waals surface area contributed by atoms with Crippen molar-refractivity contribution < 1.29 is 18.0 Å². The average molecular weight is 414 g/mol. The molecule has 0 aliphatic heterocycles. The summed E-state index contributed by atoms with van der Waals surface area (Å²) in [5.41, 5.74) is 0.914. The van der Waals surface area contributed by atoms with Crippen molar-refractivity contribution in [1.82, 2.24) is 19.9 Å². The molecule has 30 heavy (non-hydrogen) atoms. The van der Waals surface area contributed by atoms with Gasteiger partial charge in [0, 0.05) is 12.1 Å². The van der Waals surface area contributed by atoms with Crippen molar-refractivity contribution in [3.05, 3.63) is 65.5 Å². The summed E-state index contributed by atoms with van der Waals surface area (Å²) in [5, 5.41) is 6.59. The van der Waals surface area contributed by atoms with E-state index < -0.39 is 17.8 Å². The number of nitrogens with zero attached hydrogens (tertiary/aromatic N) is 3. The normalized spacial score (nSPS) is 14.6. The molecule has 0 saturated carbocycles. The van der Waals surface area contributed by atoms with Gasteiger partial charge in [-0.05, 0) is 38.2 Å². The Morgan fingerprint density at radius 3 is 2.67 bits per heavy atom. The second kappa shape index (κ2) is 8.30. The average Bonchev–Trinajstić information content (AvgIpc) is 3.17. The topological polar surface area (TPSA) is 59.3 Å². The SMILES string of the molecule is O=C(NCCC1=CCCCC1)c1cnn2c(C(F)(F)F)cc(-c3ccccc3)nc12. The first kappa shape index (κ1) is 20.1. The highest BCUT2D eigenvalue weighted by Gasteiger charge is 2.36. The van der Waals surface area contributed by atoms with Gasteiger partial charge in [-0.15, -0.1) is 0 Å². The Kier molecular flexibility index (Phi) is 5.57. The molecule has 156 valence electrons. The van der Waals surface area contributed by atoms with Gasteiger partial charge in [0.15, 0.2) is 11.3 Å². The van der Waals surface area contributed by atoms with Gasteiger partial charge in [-0.1, -0.05) is 42.0 Å². The van der Waals surface area contributed by atoms with Crippen LogP contribution in [0.1, 0.15) is 48.2 Å². The van der Waals surface area contributed by atoms with E-state index in [1.807, 2.05) is 0 Å². The molecule has 0 unspecified atom stereocenters. The van der Waals surface area contributed by atoms with Crippen molar-refractivity contribution in [2.75, 3.05) is 6.54 Å². The molecule has 1 amide bonds. The highest BCUT2D eigenvalue weighted by atomic mass is 19.4. The summed E-state index contributed by atoms with van der Waals surface area (Å²) >= 11 is 0. The molecule has 1 aliphatic rings. The summed E-state index contributed by atoms with van der Waals surface area (Å²) < 4.78 is 41.6. The Hall–Kier alpha value is -3.16. The molecule has 1 N–H and O–H groups in total. The molecular weight excluding hydrogens is 393 g/mol. The molecule has 4 rings (SSSR count). The van der Waals surface area contributed by atoms with Gasteiger partial charge >= 0.3 is 6.18 Å². The second-order valence-electron chi connectivity index (χ2n) is 7.30. The maximum absolute atomic E-state index is 13.6. The minimum Gasteiger partial charge on any atom is -0.352 e. The third-order valence-corrected chi connectivity index (χ3v) is 5.19. The van der Waals surface area contributed by atoms with E-state index >= 15 is 0 Å². The third-order valence-electron chi connectivity index (χ3n) is 5.19. The fourth-order valence-corrected chi connectivity index (χ4v) is 3.65. The van der Waals surface area contributed by atoms with E-state index in [4.69, 9.17) is 0 Å². The van der Waals surface area contributed by atoms with Gasteiger partial charge in [0.1, 0.15) is 5.56 Å². The van der Waals surface area contributed by atoms with Gasteiger partial charge in [-0.2, -0.15) is 18.3 Å². The number of carbonyl (C=O) groups excluding carboxylic acids is 1. The van der Waals surface area contributed by atoms with E-state index in [0.717, 1.165) is 37.9 Å². The molecule has 8 heteroatoms. The molecule has 2 heterocycles. The predicted octanol–water partition coefficient (Wildman–Crippen LogP) is 5.04. The number of allylic oxidation sites excluding steroid dienone is 1. The number of hydrogen-bond donors (Lipinski definition) is 1. The molecule has 0 bridgehead atoms. The van der Waals surface area contributed by atoms with E-state index in [2.05, 4.69) is 21.5 Å². The van der Waals surface area contributed by atoms with Crippen LogP contribution >= 0.6 is 0 Å². The Bertz CT molecular complexity index is 1090. The Morgan fingerprint density at radius 1 is 1.17 bits per heavy atom. The van der Waals surface area contributed by atoms with Crippen molar-refractivity contribution >= 4 is 11.6 Å². The number of fused-ring (bicyclic) bond motifs is 1. The number of hydrogen-bond acceptors (Lipinski definition) is 3. The smallest absolute Gasteiger partial charge is 0.352 e. The Labute approximate surface area is 171 Å². The molecule has 0 fully saturated rings. The first-order chi connectivity index (χ1) is 14.4. The molecule has 0 atom stereocenters. The van der Waals surface area contributed by atoms with Crippen molar-refractivity contribution in [3.8, 4) is 11.3 Å². The lowest BCUT2D eigenvalue weighted by atomic mass is 9.97. The summed E-state index contributed by atoms with van der Waals surface area (Å²) in [6.07, 6.45) is 3.87. The molecule has 0 radical (unpaired) electrons. The van der Waals surface area contributed by atoms with Crippen LogP contribution in [-0.4, -0.2) is 27.0 Å². The lowest BCUT2D eigenvalue weighted by Crippen LogP contribution is -2.25. The standard InChI is InChI=1S/C22H21F3N4O/c23-22(24,25)19-13-18(16-9-5-2-6-10-16)28-20-17(14-27-29(19)20)21(30)26-12-11-15-7-3-1-4-8-15/h2,5-7,9-10,13-14H,1,3-4,8,11-12H2,(H,26,30). The summed E-state index contributed by atoms with van der Waals surface area (Å²) in [7, 11) is 0. The first-order valence-electron chi connectivity index (χ1n) is 9.91. The van der Waals surface area contributed by atoms with Crippen molar-refractivity contribution in [2.24, 2.45) is 0 Å². The maximum Gasteiger partial charge on any atom is 0.433 e. The van der Waals surface area contributed by atoms with Crippen molar-refractivity contribution in [2.45, 2.75) is 38.3 Å². The van der Waals surface area contributed by atoms with Crippen LogP contribution in [0.4, 0.5) is 13.2 Å². The molecule has 2 aromatic heterocycles. The van der Waals surface area contributed by atoms with Gasteiger partial charge in [0.25, 0.3) is 5.91 Å². The van der Waals surface area contributed by atoms with Crippen LogP contribution in [0.5, 0.6) is 0 Å². The van der Waals surface area contributed by atoms with Crippen molar-refractivity contribution in [1.29, 1.82) is 0 Å². The van der Waals surface area contributed by atoms with Crippen LogP contribution < -0.4 is 5.32 Å². The summed E-state index contributed by atoms with van der Waals surface area (Å²) in [5.74, 6) is -0.479. The number of alkyl halides is 3. The Balaban J connectivity index is 1.65. The zero-order valence-electron chi connectivity index (χ0n) is 16.2. The molecule has 0 spiro atoms. The molecule has 1 aromatic carbocycles. The number of aromatic nitrogens is 3. The predicted molar refractivity (Wildman–Crippen MR) is 107 cm³/mol. The molecule has 5 nitrogen and oxygen atoms in total. The van der Waals surface area contributed by atoms with E-state index in [1.54, 1.807) is 30.3 Å². The monoisotopic (exact) mass is 414 g/mol. The van der Waals surface area contributed by atoms with E-state index in [1.165, 1.54) is 12.0 Å². The maximum atomic E-state index is 13.6. The lowest BCUT2D eigenvalue weighted by molar-refractivity contribution is -0.142. The van der Waals surface area contributed by atoms with Gasteiger partial charge in [0.05, 0.1) is 11.9 Å². The van der Waals surface area contributed by atoms with Crippen LogP contribution in [-0.2, 0) is 6.18 Å².